The van der Waals surface area contributed by atoms with E-state index in [1.165, 1.54) is 43.1 Å². The van der Waals surface area contributed by atoms with Crippen LogP contribution in [0.1, 0.15) is 92.5 Å². The number of benzene rings is 4. The van der Waals surface area contributed by atoms with Crippen molar-refractivity contribution in [2.45, 2.75) is 72.8 Å². The van der Waals surface area contributed by atoms with Crippen molar-refractivity contribution in [3.8, 4) is 11.1 Å². The number of hydrogen-bond acceptors (Lipinski definition) is 0. The summed E-state index contributed by atoms with van der Waals surface area (Å²) in [7, 11) is 0. The van der Waals surface area contributed by atoms with Crippen LogP contribution in [0.5, 0.6) is 0 Å². The summed E-state index contributed by atoms with van der Waals surface area (Å²) in [6, 6.07) is 27.9. The first-order valence-electron chi connectivity index (χ1n) is 16.1. The third-order valence-electron chi connectivity index (χ3n) is 9.30. The quantitative estimate of drug-likeness (QED) is 0.158. The first-order chi connectivity index (χ1) is 22.3. The summed E-state index contributed by atoms with van der Waals surface area (Å²) in [6.45, 7) is 13.8. The van der Waals surface area contributed by atoms with Gasteiger partial charge in [-0.15, -0.1) is 0 Å². The number of hydrogen-bond donors (Lipinski definition) is 0. The molecule has 4 aromatic rings. The van der Waals surface area contributed by atoms with E-state index in [1.54, 1.807) is 0 Å². The minimum atomic E-state index is -3.15. The predicted octanol–water partition coefficient (Wildman–Crippen LogP) is 12.9. The van der Waals surface area contributed by atoms with Crippen molar-refractivity contribution in [3.05, 3.63) is 145 Å². The molecule has 0 nitrogen and oxygen atoms in total. The van der Waals surface area contributed by atoms with E-state index < -0.39 is 28.9 Å². The van der Waals surface area contributed by atoms with Crippen LogP contribution >= 0.6 is 69.6 Å². The third kappa shape index (κ3) is 7.42. The normalized spacial score (nSPS) is 14.5. The average molecular weight is 835 g/mol. The van der Waals surface area contributed by atoms with E-state index in [9.17, 15) is 0 Å². The van der Waals surface area contributed by atoms with Crippen molar-refractivity contribution in [1.29, 1.82) is 0 Å². The fourth-order valence-electron chi connectivity index (χ4n) is 6.89. The fourth-order valence-corrected chi connectivity index (χ4v) is 16.5. The van der Waals surface area contributed by atoms with Gasteiger partial charge in [-0.05, 0) is 0 Å². The molecule has 7 heteroatoms. The van der Waals surface area contributed by atoms with Gasteiger partial charge in [0.25, 0.3) is 0 Å². The molecule has 0 spiro atoms. The van der Waals surface area contributed by atoms with Gasteiger partial charge in [0.1, 0.15) is 0 Å². The van der Waals surface area contributed by atoms with Crippen LogP contribution in [0.2, 0.25) is 0 Å². The molecule has 0 atom stereocenters. The Kier molecular flexibility index (Phi) is 10.3. The molecule has 248 valence electrons. The van der Waals surface area contributed by atoms with Gasteiger partial charge in [0, 0.05) is 0 Å². The summed E-state index contributed by atoms with van der Waals surface area (Å²) in [4.78, 5) is 0. The van der Waals surface area contributed by atoms with Gasteiger partial charge in [-0.25, -0.2) is 0 Å². The summed E-state index contributed by atoms with van der Waals surface area (Å²) < 4.78 is 1.12. The van der Waals surface area contributed by atoms with E-state index in [2.05, 4.69) is 102 Å². The molecule has 48 heavy (non-hydrogen) atoms. The molecular formula is C41H38Cl6Zr. The Morgan fingerprint density at radius 3 is 1.71 bits per heavy atom. The summed E-state index contributed by atoms with van der Waals surface area (Å²) in [6.07, 6.45) is 8.62. The Bertz CT molecular complexity index is 1950. The SMILES string of the molecule is CC(C)(C)c1ccc2c(c1)Cc1c-2ccc(C(C)(C)C)[c]1[Zr]([C]1=CC=CC1)=[C](c1cccc(C(Cl)(Cl)Cl)c1)c1cccc(C(Cl)(Cl)Cl)c1. The molecule has 0 fully saturated rings. The Hall–Kier alpha value is -1.15. The maximum absolute atomic E-state index is 6.51. The Labute approximate surface area is 323 Å². The van der Waals surface area contributed by atoms with Crippen LogP contribution in [0.3, 0.4) is 0 Å². The second-order valence-corrected chi connectivity index (χ2v) is 25.2. The monoisotopic (exact) mass is 830 g/mol. The van der Waals surface area contributed by atoms with Crippen molar-refractivity contribution in [3.63, 3.8) is 0 Å². The molecule has 0 N–H and O–H groups in total. The fraction of sp³-hybridized carbons (Fsp3) is 0.293. The van der Waals surface area contributed by atoms with Crippen LogP contribution in [0.15, 0.2) is 100 Å². The zero-order valence-electron chi connectivity index (χ0n) is 27.9. The van der Waals surface area contributed by atoms with Gasteiger partial charge in [-0.2, -0.15) is 0 Å². The molecular weight excluding hydrogens is 796 g/mol. The molecule has 0 aromatic heterocycles. The Balaban J connectivity index is 1.76. The second-order valence-electron chi connectivity index (χ2n) is 14.8. The molecule has 0 heterocycles. The number of allylic oxidation sites excluding steroid dienone is 4. The average Bonchev–Trinajstić information content (AvgIpc) is 3.66. The second kappa shape index (κ2) is 13.4. The van der Waals surface area contributed by atoms with Gasteiger partial charge in [0.15, 0.2) is 0 Å². The van der Waals surface area contributed by atoms with Crippen molar-refractivity contribution in [2.24, 2.45) is 0 Å². The van der Waals surface area contributed by atoms with Crippen LogP contribution in [-0.2, 0) is 46.1 Å². The van der Waals surface area contributed by atoms with E-state index in [1.807, 2.05) is 36.4 Å². The van der Waals surface area contributed by atoms with E-state index in [0.29, 0.717) is 11.1 Å². The molecule has 0 saturated heterocycles. The Morgan fingerprint density at radius 1 is 0.625 bits per heavy atom. The van der Waals surface area contributed by atoms with E-state index >= 15 is 0 Å². The van der Waals surface area contributed by atoms with Gasteiger partial charge >= 0.3 is 326 Å². The molecule has 2 aliphatic rings. The molecule has 0 saturated carbocycles. The number of fused-ring (bicyclic) bond motifs is 3. The van der Waals surface area contributed by atoms with Crippen LogP contribution < -0.4 is 3.27 Å². The molecule has 0 unspecified atom stereocenters. The first-order valence-corrected chi connectivity index (χ1v) is 22.1. The van der Waals surface area contributed by atoms with Crippen LogP contribution in [-0.4, -0.2) is 3.21 Å². The van der Waals surface area contributed by atoms with Gasteiger partial charge < -0.3 is 0 Å². The Morgan fingerprint density at radius 2 is 1.21 bits per heavy atom. The van der Waals surface area contributed by atoms with Crippen molar-refractivity contribution < 1.29 is 21.3 Å². The zero-order chi connectivity index (χ0) is 34.8. The molecule has 0 aliphatic heterocycles. The van der Waals surface area contributed by atoms with Crippen molar-refractivity contribution >= 4 is 76.1 Å². The summed E-state index contributed by atoms with van der Waals surface area (Å²) in [5.41, 5.74) is 11.5. The first kappa shape index (κ1) is 36.6. The van der Waals surface area contributed by atoms with E-state index in [0.717, 1.165) is 24.0 Å². The standard InChI is InChI=1S/C21H25.C15H8Cl6.C5H5.Zr/c1-20(2,3)16-7-9-18-14(12-16)11-15-13-17(21(4,5)6)8-10-19(15)18;16-14(17,18)12-5-1-3-10(8-12)7-11-4-2-6-13(9-11)15(19,20)21;1-2-4-5-3-1;/h7-10,12H,11H2,1-6H3;1-6,8-9H;1-3H,4H2;. The summed E-state index contributed by atoms with van der Waals surface area (Å²) in [5.74, 6) is 0. The maximum atomic E-state index is 6.51. The van der Waals surface area contributed by atoms with Crippen molar-refractivity contribution in [1.82, 2.24) is 0 Å². The van der Waals surface area contributed by atoms with Gasteiger partial charge in [-0.1, -0.05) is 0 Å². The van der Waals surface area contributed by atoms with Crippen LogP contribution in [0, 0.1) is 0 Å². The van der Waals surface area contributed by atoms with Gasteiger partial charge in [-0.3, -0.25) is 0 Å². The summed E-state index contributed by atoms with van der Waals surface area (Å²) >= 11 is 35.9. The molecule has 0 bridgehead atoms. The van der Waals surface area contributed by atoms with Gasteiger partial charge in [0.05, 0.1) is 0 Å². The zero-order valence-corrected chi connectivity index (χ0v) is 34.9. The molecule has 0 amide bonds. The molecule has 6 rings (SSSR count). The summed E-state index contributed by atoms with van der Waals surface area (Å²) in [5, 5.41) is 0. The number of halogens is 6. The van der Waals surface area contributed by atoms with Crippen LogP contribution in [0.4, 0.5) is 0 Å². The van der Waals surface area contributed by atoms with Crippen molar-refractivity contribution in [2.75, 3.05) is 0 Å². The predicted molar refractivity (Wildman–Crippen MR) is 208 cm³/mol. The molecule has 2 aliphatic carbocycles. The number of alkyl halides is 6. The topological polar surface area (TPSA) is 0 Å². The van der Waals surface area contributed by atoms with Crippen LogP contribution in [0.25, 0.3) is 11.1 Å². The van der Waals surface area contributed by atoms with Gasteiger partial charge in [0.2, 0.25) is 0 Å². The number of rotatable bonds is 4. The molecule has 0 radical (unpaired) electrons. The van der Waals surface area contributed by atoms with E-state index in [-0.39, 0.29) is 10.8 Å². The third-order valence-corrected chi connectivity index (χ3v) is 18.4. The molecule has 4 aromatic carbocycles. The minimum absolute atomic E-state index is 0.0619. The van der Waals surface area contributed by atoms with E-state index in [4.69, 9.17) is 69.6 Å².